The third-order valence-corrected chi connectivity index (χ3v) is 1.54. The van der Waals surface area contributed by atoms with Crippen LogP contribution >= 0.6 is 0 Å². The molecule has 0 aromatic carbocycles. The molecule has 0 saturated carbocycles. The molecule has 16 heavy (non-hydrogen) atoms. The predicted molar refractivity (Wildman–Crippen MR) is 48.4 cm³/mol. The lowest BCUT2D eigenvalue weighted by Gasteiger charge is -2.24. The summed E-state index contributed by atoms with van der Waals surface area (Å²) in [6.07, 6.45) is -5.81. The topological polar surface area (TPSA) is 72.6 Å². The Balaban J connectivity index is 4.34. The molecule has 5 nitrogen and oxygen atoms in total. The summed E-state index contributed by atoms with van der Waals surface area (Å²) in [5, 5.41) is 0. The second-order valence-corrected chi connectivity index (χ2v) is 3.36. The number of primary amides is 1. The van der Waals surface area contributed by atoms with E-state index in [1.165, 1.54) is 13.8 Å². The average molecular weight is 242 g/mol. The van der Waals surface area contributed by atoms with Crippen LogP contribution in [-0.4, -0.2) is 42.3 Å². The van der Waals surface area contributed by atoms with Gasteiger partial charge in [0.15, 0.2) is 6.61 Å². The minimum Gasteiger partial charge on any atom is -0.440 e. The van der Waals surface area contributed by atoms with Gasteiger partial charge in [-0.25, -0.2) is 4.79 Å². The van der Waals surface area contributed by atoms with Crippen LogP contribution in [0.25, 0.3) is 0 Å². The summed E-state index contributed by atoms with van der Waals surface area (Å²) < 4.78 is 39.3. The molecule has 2 amide bonds. The quantitative estimate of drug-likeness (QED) is 0.795. The smallest absolute Gasteiger partial charge is 0.422 e. The van der Waals surface area contributed by atoms with Gasteiger partial charge in [-0.05, 0) is 13.8 Å². The fraction of sp³-hybridized carbons (Fsp3) is 0.750. The van der Waals surface area contributed by atoms with Gasteiger partial charge >= 0.3 is 12.3 Å². The van der Waals surface area contributed by atoms with E-state index in [1.807, 2.05) is 0 Å². The van der Waals surface area contributed by atoms with Crippen LogP contribution in [0.2, 0.25) is 0 Å². The first-order valence-electron chi connectivity index (χ1n) is 4.42. The highest BCUT2D eigenvalue weighted by atomic mass is 19.4. The lowest BCUT2D eigenvalue weighted by molar-refractivity contribution is -0.162. The second kappa shape index (κ2) is 5.57. The van der Waals surface area contributed by atoms with Gasteiger partial charge in [0.25, 0.3) is 0 Å². The molecule has 0 heterocycles. The van der Waals surface area contributed by atoms with Crippen LogP contribution in [0.1, 0.15) is 13.8 Å². The van der Waals surface area contributed by atoms with Gasteiger partial charge in [0.2, 0.25) is 5.91 Å². The summed E-state index contributed by atoms with van der Waals surface area (Å²) >= 11 is 0. The molecular formula is C8H13F3N2O3. The van der Waals surface area contributed by atoms with Crippen molar-refractivity contribution in [3.63, 3.8) is 0 Å². The third-order valence-electron chi connectivity index (χ3n) is 1.54. The van der Waals surface area contributed by atoms with Crippen molar-refractivity contribution in [2.45, 2.75) is 26.1 Å². The van der Waals surface area contributed by atoms with E-state index in [-0.39, 0.29) is 0 Å². The van der Waals surface area contributed by atoms with E-state index in [4.69, 9.17) is 5.73 Å². The molecule has 0 rings (SSSR count). The van der Waals surface area contributed by atoms with Gasteiger partial charge in [-0.3, -0.25) is 9.69 Å². The molecule has 8 heteroatoms. The first kappa shape index (κ1) is 14.5. The molecule has 0 atom stereocenters. The van der Waals surface area contributed by atoms with E-state index in [0.717, 1.165) is 4.90 Å². The van der Waals surface area contributed by atoms with Gasteiger partial charge in [-0.15, -0.1) is 0 Å². The van der Waals surface area contributed by atoms with Gasteiger partial charge in [0.1, 0.15) is 6.54 Å². The zero-order chi connectivity index (χ0) is 12.9. The van der Waals surface area contributed by atoms with Crippen LogP contribution in [0.3, 0.4) is 0 Å². The largest absolute Gasteiger partial charge is 0.440 e. The second-order valence-electron chi connectivity index (χ2n) is 3.36. The zero-order valence-corrected chi connectivity index (χ0v) is 8.87. The van der Waals surface area contributed by atoms with Crippen molar-refractivity contribution in [1.82, 2.24) is 4.90 Å². The molecule has 0 bridgehead atoms. The van der Waals surface area contributed by atoms with Gasteiger partial charge in [-0.1, -0.05) is 0 Å². The van der Waals surface area contributed by atoms with Crippen LogP contribution < -0.4 is 5.73 Å². The van der Waals surface area contributed by atoms with E-state index < -0.39 is 37.4 Å². The van der Waals surface area contributed by atoms with Crippen molar-refractivity contribution in [3.05, 3.63) is 0 Å². The van der Waals surface area contributed by atoms with Crippen molar-refractivity contribution in [1.29, 1.82) is 0 Å². The van der Waals surface area contributed by atoms with Gasteiger partial charge in [0, 0.05) is 6.04 Å². The molecule has 0 radical (unpaired) electrons. The summed E-state index contributed by atoms with van der Waals surface area (Å²) in [6.45, 7) is 0.887. The number of ether oxygens (including phenoxy) is 1. The molecule has 0 saturated heterocycles. The first-order valence-corrected chi connectivity index (χ1v) is 4.42. The molecule has 0 aliphatic rings. The predicted octanol–water partition coefficient (Wildman–Crippen LogP) is 0.881. The Morgan fingerprint density at radius 1 is 1.38 bits per heavy atom. The molecule has 0 aromatic heterocycles. The molecule has 0 fully saturated rings. The molecule has 0 aromatic rings. The number of nitrogens with two attached hydrogens (primary N) is 1. The minimum atomic E-state index is -4.59. The monoisotopic (exact) mass is 242 g/mol. The summed E-state index contributed by atoms with van der Waals surface area (Å²) in [5.41, 5.74) is 4.84. The molecule has 2 N–H and O–H groups in total. The first-order chi connectivity index (χ1) is 7.13. The highest BCUT2D eigenvalue weighted by Gasteiger charge is 2.31. The number of nitrogens with zero attached hydrogens (tertiary/aromatic N) is 1. The third kappa shape index (κ3) is 6.10. The van der Waals surface area contributed by atoms with E-state index in [0.29, 0.717) is 0 Å². The number of carbonyl (C=O) groups is 2. The lowest BCUT2D eigenvalue weighted by atomic mass is 10.3. The van der Waals surface area contributed by atoms with Crippen molar-refractivity contribution in [2.75, 3.05) is 13.2 Å². The molecular weight excluding hydrogens is 229 g/mol. The Morgan fingerprint density at radius 2 is 1.88 bits per heavy atom. The summed E-state index contributed by atoms with van der Waals surface area (Å²) in [5.74, 6) is -0.822. The maximum Gasteiger partial charge on any atom is 0.422 e. The van der Waals surface area contributed by atoms with Gasteiger partial charge < -0.3 is 10.5 Å². The van der Waals surface area contributed by atoms with Crippen LogP contribution in [-0.2, 0) is 9.53 Å². The number of carbonyl (C=O) groups excluding carboxylic acids is 2. The normalized spacial score (nSPS) is 11.4. The van der Waals surface area contributed by atoms with Crippen LogP contribution in [0.5, 0.6) is 0 Å². The average Bonchev–Trinajstić information content (AvgIpc) is 2.08. The molecule has 0 aliphatic heterocycles. The molecule has 0 unspecified atom stereocenters. The maximum absolute atomic E-state index is 11.8. The number of hydrogen-bond donors (Lipinski definition) is 1. The number of rotatable bonds is 4. The highest BCUT2D eigenvalue weighted by Crippen LogP contribution is 2.15. The maximum atomic E-state index is 11.8. The van der Waals surface area contributed by atoms with Gasteiger partial charge in [0.05, 0.1) is 0 Å². The Kier molecular flexibility index (Phi) is 5.06. The van der Waals surface area contributed by atoms with Crippen LogP contribution in [0, 0.1) is 0 Å². The summed E-state index contributed by atoms with van der Waals surface area (Å²) in [7, 11) is 0. The van der Waals surface area contributed by atoms with Crippen molar-refractivity contribution < 1.29 is 27.5 Å². The van der Waals surface area contributed by atoms with Crippen molar-refractivity contribution in [3.8, 4) is 0 Å². The Bertz CT molecular complexity index is 266. The lowest BCUT2D eigenvalue weighted by Crippen LogP contribution is -2.43. The number of halogens is 3. The van der Waals surface area contributed by atoms with Crippen LogP contribution in [0.15, 0.2) is 0 Å². The number of alkyl halides is 3. The Hall–Kier alpha value is -1.47. The van der Waals surface area contributed by atoms with Gasteiger partial charge in [-0.2, -0.15) is 13.2 Å². The fourth-order valence-electron chi connectivity index (χ4n) is 0.852. The molecule has 0 aliphatic carbocycles. The van der Waals surface area contributed by atoms with Crippen molar-refractivity contribution >= 4 is 12.0 Å². The number of hydrogen-bond acceptors (Lipinski definition) is 3. The molecule has 0 spiro atoms. The van der Waals surface area contributed by atoms with E-state index in [1.54, 1.807) is 0 Å². The standard InChI is InChI=1S/C8H13F3N2O3/c1-5(2)13(3-6(12)14)7(15)16-4-8(9,10)11/h5H,3-4H2,1-2H3,(H2,12,14). The summed E-state index contributed by atoms with van der Waals surface area (Å²) in [6, 6.07) is -0.478. The molecule has 94 valence electrons. The Labute approximate surface area is 90.3 Å². The highest BCUT2D eigenvalue weighted by molar-refractivity contribution is 5.80. The van der Waals surface area contributed by atoms with E-state index in [9.17, 15) is 22.8 Å². The van der Waals surface area contributed by atoms with E-state index >= 15 is 0 Å². The fourth-order valence-corrected chi connectivity index (χ4v) is 0.852. The Morgan fingerprint density at radius 3 is 2.19 bits per heavy atom. The zero-order valence-electron chi connectivity index (χ0n) is 8.87. The number of amides is 2. The van der Waals surface area contributed by atoms with Crippen molar-refractivity contribution in [2.24, 2.45) is 5.73 Å². The van der Waals surface area contributed by atoms with E-state index in [2.05, 4.69) is 4.74 Å². The minimum absolute atomic E-state index is 0.478. The SMILES string of the molecule is CC(C)N(CC(N)=O)C(=O)OCC(F)(F)F. The summed E-state index contributed by atoms with van der Waals surface area (Å²) in [4.78, 5) is 22.5. The van der Waals surface area contributed by atoms with Crippen LogP contribution in [0.4, 0.5) is 18.0 Å².